The lowest BCUT2D eigenvalue weighted by molar-refractivity contribution is -0.385. The number of carbonyl (C=O) groups excluding carboxylic acids is 1. The van der Waals surface area contributed by atoms with E-state index in [1.165, 1.54) is 10.9 Å². The highest BCUT2D eigenvalue weighted by Crippen LogP contribution is 2.31. The summed E-state index contributed by atoms with van der Waals surface area (Å²) in [6, 6.07) is 7.13. The van der Waals surface area contributed by atoms with Gasteiger partial charge in [0.2, 0.25) is 5.91 Å². The summed E-state index contributed by atoms with van der Waals surface area (Å²) >= 11 is 5.84. The molecule has 9 heteroatoms. The second-order valence-electron chi connectivity index (χ2n) is 6.46. The van der Waals surface area contributed by atoms with Crippen molar-refractivity contribution in [3.8, 4) is 5.75 Å². The van der Waals surface area contributed by atoms with Gasteiger partial charge in [-0.2, -0.15) is 5.10 Å². The molecule has 3 rings (SSSR count). The lowest BCUT2D eigenvalue weighted by atomic mass is 9.83. The molecule has 0 spiro atoms. The van der Waals surface area contributed by atoms with E-state index in [2.05, 4.69) is 5.10 Å². The normalized spacial score (nSPS) is 15.5. The Hall–Kier alpha value is -2.61. The van der Waals surface area contributed by atoms with E-state index < -0.39 is 4.92 Å². The fourth-order valence-electron chi connectivity index (χ4n) is 2.70. The first-order valence-electron chi connectivity index (χ1n) is 7.68. The van der Waals surface area contributed by atoms with Gasteiger partial charge in [0.15, 0.2) is 0 Å². The molecule has 1 fully saturated rings. The van der Waals surface area contributed by atoms with Crippen molar-refractivity contribution < 1.29 is 14.5 Å². The molecule has 2 aromatic rings. The number of ether oxygens (including phenoxy) is 1. The van der Waals surface area contributed by atoms with Gasteiger partial charge in [0.1, 0.15) is 24.7 Å². The molecule has 132 valence electrons. The third-order valence-electron chi connectivity index (χ3n) is 4.03. The van der Waals surface area contributed by atoms with Gasteiger partial charge in [-0.05, 0) is 24.3 Å². The highest BCUT2D eigenvalue weighted by Gasteiger charge is 2.42. The topological polar surface area (TPSA) is 90.5 Å². The lowest BCUT2D eigenvalue weighted by Gasteiger charge is -2.47. The molecule has 0 aliphatic carbocycles. The van der Waals surface area contributed by atoms with Crippen LogP contribution in [0.15, 0.2) is 36.7 Å². The number of benzene rings is 1. The molecule has 2 heterocycles. The summed E-state index contributed by atoms with van der Waals surface area (Å²) in [6.07, 6.45) is 2.38. The van der Waals surface area contributed by atoms with Crippen LogP contribution in [0.25, 0.3) is 0 Å². The highest BCUT2D eigenvalue weighted by atomic mass is 35.5. The minimum Gasteiger partial charge on any atom is -0.493 e. The third kappa shape index (κ3) is 4.08. The summed E-state index contributed by atoms with van der Waals surface area (Å²) in [6.45, 7) is 3.67. The molecule has 8 nitrogen and oxygen atoms in total. The van der Waals surface area contributed by atoms with E-state index in [4.69, 9.17) is 16.3 Å². The van der Waals surface area contributed by atoms with E-state index in [-0.39, 0.29) is 23.6 Å². The molecule has 1 saturated heterocycles. The standard InChI is InChI=1S/C16H17ClN4O4/c1-16(11-25-14-4-2-12(17)3-5-14)9-19(10-16)15(22)8-20-7-13(6-18-20)21(23)24/h2-7H,8-11H2,1H3. The van der Waals surface area contributed by atoms with Crippen LogP contribution in [-0.4, -0.2) is 45.2 Å². The SMILES string of the molecule is CC1(COc2ccc(Cl)cc2)CN(C(=O)Cn2cc([N+](=O)[O-])cn2)C1. The molecule has 0 unspecified atom stereocenters. The predicted octanol–water partition coefficient (Wildman–Crippen LogP) is 2.37. The number of likely N-dealkylation sites (tertiary alicyclic amines) is 1. The van der Waals surface area contributed by atoms with E-state index in [0.29, 0.717) is 24.7 Å². The van der Waals surface area contributed by atoms with Gasteiger partial charge in [0.05, 0.1) is 11.5 Å². The third-order valence-corrected chi connectivity index (χ3v) is 4.28. The number of rotatable bonds is 6. The molecule has 0 atom stereocenters. The zero-order valence-electron chi connectivity index (χ0n) is 13.6. The summed E-state index contributed by atoms with van der Waals surface area (Å²) in [4.78, 5) is 24.0. The molecule has 1 aliphatic rings. The van der Waals surface area contributed by atoms with Crippen LogP contribution in [0.1, 0.15) is 6.92 Å². The number of amides is 1. The van der Waals surface area contributed by atoms with Crippen LogP contribution in [0.5, 0.6) is 5.75 Å². The summed E-state index contributed by atoms with van der Waals surface area (Å²) in [5.41, 5.74) is -0.247. The quantitative estimate of drug-likeness (QED) is 0.579. The minimum atomic E-state index is -0.539. The van der Waals surface area contributed by atoms with Crippen LogP contribution < -0.4 is 4.74 Å². The Morgan fingerprint density at radius 3 is 2.68 bits per heavy atom. The molecule has 1 aromatic carbocycles. The number of halogens is 1. The average Bonchev–Trinajstić information content (AvgIpc) is 3.00. The summed E-state index contributed by atoms with van der Waals surface area (Å²) < 4.78 is 7.03. The fraction of sp³-hybridized carbons (Fsp3) is 0.375. The number of hydrogen-bond acceptors (Lipinski definition) is 5. The van der Waals surface area contributed by atoms with E-state index >= 15 is 0 Å². The number of carbonyl (C=O) groups is 1. The van der Waals surface area contributed by atoms with Gasteiger partial charge in [-0.15, -0.1) is 0 Å². The molecule has 0 bridgehead atoms. The molecular formula is C16H17ClN4O4. The van der Waals surface area contributed by atoms with Crippen LogP contribution >= 0.6 is 11.6 Å². The maximum atomic E-state index is 12.2. The molecule has 0 radical (unpaired) electrons. The van der Waals surface area contributed by atoms with Crippen molar-refractivity contribution in [1.82, 2.24) is 14.7 Å². The van der Waals surface area contributed by atoms with Gasteiger partial charge >= 0.3 is 5.69 Å². The van der Waals surface area contributed by atoms with Gasteiger partial charge in [0, 0.05) is 23.5 Å². The summed E-state index contributed by atoms with van der Waals surface area (Å²) in [7, 11) is 0. The van der Waals surface area contributed by atoms with E-state index in [0.717, 1.165) is 11.9 Å². The van der Waals surface area contributed by atoms with Gasteiger partial charge in [-0.25, -0.2) is 0 Å². The first-order chi connectivity index (χ1) is 11.8. The van der Waals surface area contributed by atoms with E-state index in [1.807, 2.05) is 6.92 Å². The lowest BCUT2D eigenvalue weighted by Crippen LogP contribution is -2.60. The first kappa shape index (κ1) is 17.2. The predicted molar refractivity (Wildman–Crippen MR) is 90.5 cm³/mol. The maximum absolute atomic E-state index is 12.2. The van der Waals surface area contributed by atoms with E-state index in [1.54, 1.807) is 29.2 Å². The van der Waals surface area contributed by atoms with Crippen molar-refractivity contribution in [2.24, 2.45) is 5.41 Å². The first-order valence-corrected chi connectivity index (χ1v) is 8.05. The Kier molecular flexibility index (Phi) is 4.63. The number of nitrogens with zero attached hydrogens (tertiary/aromatic N) is 4. The number of hydrogen-bond donors (Lipinski definition) is 0. The average molecular weight is 365 g/mol. The maximum Gasteiger partial charge on any atom is 0.307 e. The van der Waals surface area contributed by atoms with Crippen molar-refractivity contribution in [3.05, 3.63) is 51.8 Å². The van der Waals surface area contributed by atoms with Crippen molar-refractivity contribution >= 4 is 23.2 Å². The van der Waals surface area contributed by atoms with Crippen LogP contribution in [0.4, 0.5) is 5.69 Å². The second-order valence-corrected chi connectivity index (χ2v) is 6.89. The van der Waals surface area contributed by atoms with Gasteiger partial charge in [-0.3, -0.25) is 19.6 Å². The van der Waals surface area contributed by atoms with Crippen molar-refractivity contribution in [1.29, 1.82) is 0 Å². The van der Waals surface area contributed by atoms with Crippen LogP contribution in [0, 0.1) is 15.5 Å². The van der Waals surface area contributed by atoms with Crippen molar-refractivity contribution in [3.63, 3.8) is 0 Å². The van der Waals surface area contributed by atoms with E-state index in [9.17, 15) is 14.9 Å². The van der Waals surface area contributed by atoms with Gasteiger partial charge < -0.3 is 9.64 Å². The number of nitro groups is 1. The van der Waals surface area contributed by atoms with Gasteiger partial charge in [-0.1, -0.05) is 18.5 Å². The Morgan fingerprint density at radius 2 is 2.08 bits per heavy atom. The Bertz CT molecular complexity index is 784. The largest absolute Gasteiger partial charge is 0.493 e. The molecule has 25 heavy (non-hydrogen) atoms. The molecule has 1 aromatic heterocycles. The van der Waals surface area contributed by atoms with Crippen molar-refractivity contribution in [2.75, 3.05) is 19.7 Å². The second kappa shape index (κ2) is 6.72. The van der Waals surface area contributed by atoms with Crippen LogP contribution in [-0.2, 0) is 11.3 Å². The number of aromatic nitrogens is 2. The molecule has 1 amide bonds. The van der Waals surface area contributed by atoms with Gasteiger partial charge in [0.25, 0.3) is 0 Å². The Balaban J connectivity index is 1.47. The molecule has 0 saturated carbocycles. The van der Waals surface area contributed by atoms with Crippen LogP contribution in [0.3, 0.4) is 0 Å². The van der Waals surface area contributed by atoms with Crippen LogP contribution in [0.2, 0.25) is 5.02 Å². The zero-order chi connectivity index (χ0) is 18.0. The monoisotopic (exact) mass is 364 g/mol. The highest BCUT2D eigenvalue weighted by molar-refractivity contribution is 6.30. The summed E-state index contributed by atoms with van der Waals surface area (Å²) in [5.74, 6) is 0.612. The fourth-order valence-corrected chi connectivity index (χ4v) is 2.83. The Labute approximate surface area is 149 Å². The Morgan fingerprint density at radius 1 is 1.40 bits per heavy atom. The minimum absolute atomic E-state index is 0.0119. The molecule has 1 aliphatic heterocycles. The molecule has 0 N–H and O–H groups in total. The molecular weight excluding hydrogens is 348 g/mol. The smallest absolute Gasteiger partial charge is 0.307 e. The van der Waals surface area contributed by atoms with Crippen molar-refractivity contribution in [2.45, 2.75) is 13.5 Å². The zero-order valence-corrected chi connectivity index (χ0v) is 14.3. The summed E-state index contributed by atoms with van der Waals surface area (Å²) in [5, 5.41) is 15.1.